The molecular formula is C21H28N4O5. The summed E-state index contributed by atoms with van der Waals surface area (Å²) in [5.74, 6) is 5.25. The van der Waals surface area contributed by atoms with Gasteiger partial charge in [0.2, 0.25) is 11.6 Å². The number of rotatable bonds is 7. The van der Waals surface area contributed by atoms with E-state index in [9.17, 15) is 9.59 Å². The first-order chi connectivity index (χ1) is 14.5. The lowest BCUT2D eigenvalue weighted by molar-refractivity contribution is -0.185. The average Bonchev–Trinajstić information content (AvgIpc) is 3.21. The van der Waals surface area contributed by atoms with Crippen molar-refractivity contribution in [2.24, 2.45) is 5.84 Å². The molecule has 2 fully saturated rings. The van der Waals surface area contributed by atoms with E-state index < -0.39 is 0 Å². The van der Waals surface area contributed by atoms with Gasteiger partial charge in [-0.05, 0) is 13.0 Å². The molecule has 1 aromatic rings. The lowest BCUT2D eigenvalue weighted by atomic mass is 9.90. The summed E-state index contributed by atoms with van der Waals surface area (Å²) < 4.78 is 11.5. The summed E-state index contributed by atoms with van der Waals surface area (Å²) in [5.41, 5.74) is 3.45. The van der Waals surface area contributed by atoms with Crippen LogP contribution in [0.3, 0.4) is 0 Å². The summed E-state index contributed by atoms with van der Waals surface area (Å²) in [6.07, 6.45) is 2.46. The highest BCUT2D eigenvalue weighted by Gasteiger charge is 2.39. The number of nitrogens with two attached hydrogens (primary N) is 1. The largest absolute Gasteiger partial charge is 0.347 e. The van der Waals surface area contributed by atoms with Crippen LogP contribution in [0.25, 0.3) is 0 Å². The zero-order chi connectivity index (χ0) is 21.1. The third-order valence-corrected chi connectivity index (χ3v) is 5.89. The van der Waals surface area contributed by atoms with Crippen LogP contribution in [0.15, 0.2) is 35.7 Å². The first kappa shape index (κ1) is 21.0. The van der Waals surface area contributed by atoms with Gasteiger partial charge in [-0.2, -0.15) is 0 Å². The predicted octanol–water partition coefficient (Wildman–Crippen LogP) is 0.833. The molecule has 1 aliphatic carbocycles. The second-order valence-electron chi connectivity index (χ2n) is 7.73. The Morgan fingerprint density at radius 2 is 1.77 bits per heavy atom. The topological polar surface area (TPSA) is 106 Å². The molecule has 2 aliphatic heterocycles. The van der Waals surface area contributed by atoms with Crippen molar-refractivity contribution in [3.05, 3.63) is 46.8 Å². The van der Waals surface area contributed by atoms with Crippen molar-refractivity contribution < 1.29 is 23.9 Å². The number of carbonyl (C=O) groups is 2. The number of likely N-dealkylation sites (tertiary alicyclic amines) is 1. The van der Waals surface area contributed by atoms with Gasteiger partial charge in [0, 0.05) is 43.6 Å². The van der Waals surface area contributed by atoms with E-state index in [1.807, 2.05) is 0 Å². The monoisotopic (exact) mass is 416 g/mol. The minimum absolute atomic E-state index is 0.0687. The van der Waals surface area contributed by atoms with Gasteiger partial charge in [0.05, 0.1) is 20.3 Å². The molecule has 30 heavy (non-hydrogen) atoms. The molecule has 1 aromatic carbocycles. The second kappa shape index (κ2) is 8.83. The van der Waals surface area contributed by atoms with Gasteiger partial charge in [0.25, 0.3) is 0 Å². The number of nitrogens with one attached hydrogen (secondary N) is 1. The third-order valence-electron chi connectivity index (χ3n) is 5.89. The van der Waals surface area contributed by atoms with Gasteiger partial charge in [-0.3, -0.25) is 19.9 Å². The van der Waals surface area contributed by atoms with Gasteiger partial charge in [0.15, 0.2) is 5.79 Å². The molecule has 0 unspecified atom stereocenters. The standard InChI is InChI=1S/C21H28N4O5/c1-28-23-17-18(20(27)16-6-3-2-5-15(16)19(17)26)25(22)10-4-9-24-11-7-21(8-12-24)29-13-14-30-21/h2-3,5-6,23H,4,7-14,22H2,1H3. The number of allylic oxidation sites excluding steroid dienone is 2. The number of hydrogen-bond acceptors (Lipinski definition) is 9. The smallest absolute Gasteiger partial charge is 0.214 e. The SMILES string of the molecule is CONC1=C(N(N)CCCN2CCC3(CC2)OCCO3)C(=O)c2ccccc2C1=O. The van der Waals surface area contributed by atoms with Crippen molar-refractivity contribution in [2.45, 2.75) is 25.0 Å². The molecule has 0 aromatic heterocycles. The zero-order valence-electron chi connectivity index (χ0n) is 17.2. The third kappa shape index (κ3) is 3.99. The number of benzene rings is 1. The normalized spacial score (nSPS) is 21.3. The molecule has 9 heteroatoms. The number of piperidine rings is 1. The molecule has 162 valence electrons. The fourth-order valence-corrected chi connectivity index (χ4v) is 4.31. The van der Waals surface area contributed by atoms with Crippen molar-refractivity contribution in [3.8, 4) is 0 Å². The van der Waals surface area contributed by atoms with E-state index in [1.54, 1.807) is 24.3 Å². The minimum atomic E-state index is -0.385. The Bertz CT molecular complexity index is 840. The Kier molecular flexibility index (Phi) is 6.16. The average molecular weight is 416 g/mol. The summed E-state index contributed by atoms with van der Waals surface area (Å²) >= 11 is 0. The highest BCUT2D eigenvalue weighted by molar-refractivity contribution is 6.26. The van der Waals surface area contributed by atoms with Crippen LogP contribution in [0.2, 0.25) is 0 Å². The molecule has 0 atom stereocenters. The predicted molar refractivity (Wildman–Crippen MR) is 108 cm³/mol. The molecule has 0 radical (unpaired) electrons. The molecular weight excluding hydrogens is 388 g/mol. The number of fused-ring (bicyclic) bond motifs is 1. The van der Waals surface area contributed by atoms with Crippen LogP contribution in [-0.4, -0.2) is 73.8 Å². The van der Waals surface area contributed by atoms with Gasteiger partial charge < -0.3 is 19.4 Å². The zero-order valence-corrected chi connectivity index (χ0v) is 17.2. The number of Topliss-reactive ketones (excluding diaryl/α,β-unsaturated/α-hetero) is 2. The number of hydroxylamine groups is 1. The van der Waals surface area contributed by atoms with Crippen LogP contribution in [-0.2, 0) is 14.3 Å². The van der Waals surface area contributed by atoms with Gasteiger partial charge in [-0.15, -0.1) is 0 Å². The van der Waals surface area contributed by atoms with Gasteiger partial charge in [-0.1, -0.05) is 24.3 Å². The lowest BCUT2D eigenvalue weighted by Gasteiger charge is -2.37. The molecule has 0 amide bonds. The number of ketones is 2. The van der Waals surface area contributed by atoms with Crippen LogP contribution in [0, 0.1) is 0 Å². The molecule has 9 nitrogen and oxygen atoms in total. The molecule has 1 spiro atoms. The molecule has 0 saturated carbocycles. The Labute approximate surface area is 175 Å². The van der Waals surface area contributed by atoms with E-state index in [4.69, 9.17) is 20.2 Å². The number of carbonyl (C=O) groups excluding carboxylic acids is 2. The number of nitrogens with zero attached hydrogens (tertiary/aromatic N) is 2. The fourth-order valence-electron chi connectivity index (χ4n) is 4.31. The number of hydrazine groups is 1. The van der Waals surface area contributed by atoms with E-state index in [2.05, 4.69) is 10.4 Å². The molecule has 3 aliphatic rings. The van der Waals surface area contributed by atoms with Crippen LogP contribution < -0.4 is 11.3 Å². The maximum Gasteiger partial charge on any atom is 0.214 e. The number of ether oxygens (including phenoxy) is 2. The van der Waals surface area contributed by atoms with Gasteiger partial charge in [0.1, 0.15) is 11.4 Å². The van der Waals surface area contributed by atoms with Crippen molar-refractivity contribution in [1.82, 2.24) is 15.4 Å². The van der Waals surface area contributed by atoms with E-state index in [-0.39, 0.29) is 28.7 Å². The molecule has 2 heterocycles. The molecule has 3 N–H and O–H groups in total. The number of hydrogen-bond donors (Lipinski definition) is 2. The highest BCUT2D eigenvalue weighted by atomic mass is 16.7. The van der Waals surface area contributed by atoms with Crippen LogP contribution in [0.5, 0.6) is 0 Å². The minimum Gasteiger partial charge on any atom is -0.347 e. The van der Waals surface area contributed by atoms with E-state index in [1.165, 1.54) is 12.1 Å². The van der Waals surface area contributed by atoms with Crippen molar-refractivity contribution in [1.29, 1.82) is 0 Å². The van der Waals surface area contributed by atoms with Gasteiger partial charge >= 0.3 is 0 Å². The van der Waals surface area contributed by atoms with E-state index in [0.29, 0.717) is 30.9 Å². The van der Waals surface area contributed by atoms with E-state index >= 15 is 0 Å². The molecule has 0 bridgehead atoms. The highest BCUT2D eigenvalue weighted by Crippen LogP contribution is 2.31. The van der Waals surface area contributed by atoms with E-state index in [0.717, 1.165) is 38.9 Å². The summed E-state index contributed by atoms with van der Waals surface area (Å²) in [4.78, 5) is 33.2. The summed E-state index contributed by atoms with van der Waals surface area (Å²) in [6, 6.07) is 6.73. The van der Waals surface area contributed by atoms with Crippen molar-refractivity contribution in [2.75, 3.05) is 46.5 Å². The molecule has 2 saturated heterocycles. The Morgan fingerprint density at radius 1 is 1.13 bits per heavy atom. The maximum absolute atomic E-state index is 13.0. The van der Waals surface area contributed by atoms with Crippen LogP contribution in [0.1, 0.15) is 40.0 Å². The Balaban J connectivity index is 1.38. The van der Waals surface area contributed by atoms with Crippen molar-refractivity contribution in [3.63, 3.8) is 0 Å². The summed E-state index contributed by atoms with van der Waals surface area (Å²) in [7, 11) is 1.39. The summed E-state index contributed by atoms with van der Waals surface area (Å²) in [5, 5.41) is 1.35. The second-order valence-corrected chi connectivity index (χ2v) is 7.73. The molecule has 4 rings (SSSR count). The fraction of sp³-hybridized carbons (Fsp3) is 0.524. The van der Waals surface area contributed by atoms with Crippen molar-refractivity contribution >= 4 is 11.6 Å². The first-order valence-corrected chi connectivity index (χ1v) is 10.3. The lowest BCUT2D eigenvalue weighted by Crippen LogP contribution is -2.46. The summed E-state index contributed by atoms with van der Waals surface area (Å²) in [6.45, 7) is 4.40. The quantitative estimate of drug-likeness (QED) is 0.494. The van der Waals surface area contributed by atoms with Gasteiger partial charge in [-0.25, -0.2) is 5.84 Å². The first-order valence-electron chi connectivity index (χ1n) is 10.3. The Hall–Kier alpha value is -2.30. The maximum atomic E-state index is 13.0. The van der Waals surface area contributed by atoms with Crippen LogP contribution >= 0.6 is 0 Å². The Morgan fingerprint density at radius 3 is 2.40 bits per heavy atom. The van der Waals surface area contributed by atoms with Crippen LogP contribution in [0.4, 0.5) is 0 Å².